The van der Waals surface area contributed by atoms with Crippen LogP contribution in [0, 0.1) is 0 Å². The number of benzene rings is 1. The van der Waals surface area contributed by atoms with Crippen molar-refractivity contribution in [1.29, 1.82) is 0 Å². The molecule has 1 aromatic heterocycles. The molecule has 6 heteroatoms. The number of hydrogen-bond acceptors (Lipinski definition) is 4. The zero-order valence-corrected chi connectivity index (χ0v) is 12.6. The first kappa shape index (κ1) is 14.5. The third-order valence-corrected chi connectivity index (χ3v) is 3.76. The number of furan rings is 1. The van der Waals surface area contributed by atoms with Crippen LogP contribution in [0.3, 0.4) is 0 Å². The Hall–Kier alpha value is -2.40. The highest BCUT2D eigenvalue weighted by Gasteiger charge is 2.36. The summed E-state index contributed by atoms with van der Waals surface area (Å²) in [5, 5.41) is 6.02. The molecule has 2 aromatic rings. The van der Waals surface area contributed by atoms with Gasteiger partial charge in [-0.1, -0.05) is 11.6 Å². The molecule has 22 heavy (non-hydrogen) atoms. The van der Waals surface area contributed by atoms with Crippen molar-refractivity contribution in [2.45, 2.75) is 12.8 Å². The summed E-state index contributed by atoms with van der Waals surface area (Å²) in [5.74, 6) is -0.191. The summed E-state index contributed by atoms with van der Waals surface area (Å²) in [7, 11) is 0. The lowest BCUT2D eigenvalue weighted by molar-refractivity contribution is -0.128. The van der Waals surface area contributed by atoms with Gasteiger partial charge in [0.05, 0.1) is 18.7 Å². The largest absolute Gasteiger partial charge is 0.469 e. The molecular weight excluding hydrogens is 304 g/mol. The van der Waals surface area contributed by atoms with Crippen LogP contribution in [0.1, 0.15) is 29.0 Å². The molecule has 0 fully saturated rings. The van der Waals surface area contributed by atoms with Gasteiger partial charge in [-0.2, -0.15) is 5.10 Å². The third-order valence-electron chi connectivity index (χ3n) is 3.50. The van der Waals surface area contributed by atoms with Gasteiger partial charge >= 0.3 is 0 Å². The van der Waals surface area contributed by atoms with E-state index in [9.17, 15) is 9.59 Å². The molecule has 3 rings (SSSR count). The fraction of sp³-hybridized carbons (Fsp3) is 0.188. The number of ketones is 1. The lowest BCUT2D eigenvalue weighted by atomic mass is 9.94. The van der Waals surface area contributed by atoms with E-state index in [4.69, 9.17) is 16.0 Å². The summed E-state index contributed by atoms with van der Waals surface area (Å²) < 4.78 is 5.39. The van der Waals surface area contributed by atoms with E-state index in [1.54, 1.807) is 36.4 Å². The molecule has 0 saturated carbocycles. The van der Waals surface area contributed by atoms with Crippen molar-refractivity contribution in [1.82, 2.24) is 5.01 Å². The normalized spacial score (nSPS) is 17.5. The summed E-state index contributed by atoms with van der Waals surface area (Å²) in [4.78, 5) is 24.2. The SMILES string of the molecule is CC(=O)N1CC(c2ccco2)C(C(=O)c2ccc(Cl)cc2)=N1. The fourth-order valence-electron chi connectivity index (χ4n) is 2.37. The van der Waals surface area contributed by atoms with Crippen molar-refractivity contribution in [3.8, 4) is 0 Å². The van der Waals surface area contributed by atoms with Crippen LogP contribution in [0.2, 0.25) is 5.02 Å². The van der Waals surface area contributed by atoms with Crippen molar-refractivity contribution in [2.24, 2.45) is 5.10 Å². The van der Waals surface area contributed by atoms with Gasteiger partial charge in [0.2, 0.25) is 11.7 Å². The Morgan fingerprint density at radius 1 is 1.27 bits per heavy atom. The van der Waals surface area contributed by atoms with Crippen LogP contribution in [0.25, 0.3) is 0 Å². The van der Waals surface area contributed by atoms with Crippen LogP contribution in [-0.4, -0.2) is 29.0 Å². The number of carbonyl (C=O) groups is 2. The van der Waals surface area contributed by atoms with Crippen molar-refractivity contribution in [2.75, 3.05) is 6.54 Å². The second-order valence-corrected chi connectivity index (χ2v) is 5.43. The van der Waals surface area contributed by atoms with Gasteiger partial charge < -0.3 is 4.42 Å². The topological polar surface area (TPSA) is 62.9 Å². The predicted octanol–water partition coefficient (Wildman–Crippen LogP) is 3.12. The second kappa shape index (κ2) is 5.77. The van der Waals surface area contributed by atoms with Crippen LogP contribution < -0.4 is 0 Å². The first-order chi connectivity index (χ1) is 10.6. The number of nitrogens with zero attached hydrogens (tertiary/aromatic N) is 2. The fourth-order valence-corrected chi connectivity index (χ4v) is 2.49. The number of rotatable bonds is 3. The van der Waals surface area contributed by atoms with Crippen molar-refractivity contribution in [3.05, 3.63) is 59.0 Å². The molecule has 1 unspecified atom stereocenters. The molecule has 1 aromatic carbocycles. The van der Waals surface area contributed by atoms with E-state index in [1.165, 1.54) is 18.2 Å². The lowest BCUT2D eigenvalue weighted by Crippen LogP contribution is -2.24. The summed E-state index contributed by atoms with van der Waals surface area (Å²) in [6.45, 7) is 1.72. The molecule has 0 aliphatic carbocycles. The predicted molar refractivity (Wildman–Crippen MR) is 82.1 cm³/mol. The van der Waals surface area contributed by atoms with Crippen molar-refractivity contribution < 1.29 is 14.0 Å². The Balaban J connectivity index is 1.96. The zero-order chi connectivity index (χ0) is 15.7. The highest BCUT2D eigenvalue weighted by Crippen LogP contribution is 2.27. The summed E-state index contributed by atoms with van der Waals surface area (Å²) in [6.07, 6.45) is 1.54. The Labute approximate surface area is 132 Å². The summed E-state index contributed by atoms with van der Waals surface area (Å²) in [5.41, 5.74) is 0.776. The van der Waals surface area contributed by atoms with Gasteiger partial charge in [-0.25, -0.2) is 5.01 Å². The standard InChI is InChI=1S/C16H13ClN2O3/c1-10(20)19-9-13(14-3-2-8-22-14)15(18-19)16(21)11-4-6-12(17)7-5-11/h2-8,13H,9H2,1H3. The number of halogens is 1. The molecule has 1 aliphatic rings. The van der Waals surface area contributed by atoms with Gasteiger partial charge in [-0.15, -0.1) is 0 Å². The molecule has 0 bridgehead atoms. The van der Waals surface area contributed by atoms with Gasteiger partial charge in [0.15, 0.2) is 0 Å². The number of Topliss-reactive ketones (excluding diaryl/α,β-unsaturated/α-hetero) is 1. The van der Waals surface area contributed by atoms with E-state index in [1.807, 2.05) is 0 Å². The molecule has 1 atom stereocenters. The Bertz CT molecular complexity index is 735. The summed E-state index contributed by atoms with van der Waals surface area (Å²) in [6, 6.07) is 10.1. The molecule has 1 aliphatic heterocycles. The smallest absolute Gasteiger partial charge is 0.239 e. The van der Waals surface area contributed by atoms with E-state index >= 15 is 0 Å². The minimum atomic E-state index is -0.359. The maximum Gasteiger partial charge on any atom is 0.239 e. The van der Waals surface area contributed by atoms with Gasteiger partial charge in [-0.3, -0.25) is 9.59 Å². The third kappa shape index (κ3) is 2.67. The molecule has 112 valence electrons. The molecular formula is C16H13ClN2O3. The van der Waals surface area contributed by atoms with Crippen LogP contribution in [0.5, 0.6) is 0 Å². The van der Waals surface area contributed by atoms with Crippen molar-refractivity contribution in [3.63, 3.8) is 0 Å². The quantitative estimate of drug-likeness (QED) is 0.817. The Kier molecular flexibility index (Phi) is 3.81. The van der Waals surface area contributed by atoms with E-state index < -0.39 is 0 Å². The number of hydrazone groups is 1. The minimum Gasteiger partial charge on any atom is -0.469 e. The second-order valence-electron chi connectivity index (χ2n) is 4.99. The van der Waals surface area contributed by atoms with Crippen LogP contribution in [-0.2, 0) is 4.79 Å². The van der Waals surface area contributed by atoms with Gasteiger partial charge in [0, 0.05) is 17.5 Å². The maximum absolute atomic E-state index is 12.7. The molecule has 0 N–H and O–H groups in total. The molecule has 2 heterocycles. The van der Waals surface area contributed by atoms with Crippen molar-refractivity contribution >= 4 is 29.0 Å². The monoisotopic (exact) mass is 316 g/mol. The van der Waals surface area contributed by atoms with Gasteiger partial charge in [0.1, 0.15) is 11.5 Å². The van der Waals surface area contributed by atoms with Gasteiger partial charge in [-0.05, 0) is 36.4 Å². The van der Waals surface area contributed by atoms with E-state index in [0.717, 1.165) is 0 Å². The zero-order valence-electron chi connectivity index (χ0n) is 11.8. The average Bonchev–Trinajstić information content (AvgIpc) is 3.16. The first-order valence-corrected chi connectivity index (χ1v) is 7.14. The van der Waals surface area contributed by atoms with Crippen LogP contribution in [0.4, 0.5) is 0 Å². The van der Waals surface area contributed by atoms with E-state index in [2.05, 4.69) is 5.10 Å². The van der Waals surface area contributed by atoms with Crippen LogP contribution >= 0.6 is 11.6 Å². The molecule has 1 amide bonds. The van der Waals surface area contributed by atoms with Gasteiger partial charge in [0.25, 0.3) is 0 Å². The highest BCUT2D eigenvalue weighted by atomic mass is 35.5. The lowest BCUT2D eigenvalue weighted by Gasteiger charge is -2.10. The molecule has 0 radical (unpaired) electrons. The number of hydrogen-bond donors (Lipinski definition) is 0. The minimum absolute atomic E-state index is 0.213. The number of amides is 1. The van der Waals surface area contributed by atoms with Crippen LogP contribution in [0.15, 0.2) is 52.2 Å². The highest BCUT2D eigenvalue weighted by molar-refractivity contribution is 6.48. The van der Waals surface area contributed by atoms with E-state index in [-0.39, 0.29) is 17.6 Å². The number of carbonyl (C=O) groups excluding carboxylic acids is 2. The molecule has 0 spiro atoms. The Morgan fingerprint density at radius 3 is 2.59 bits per heavy atom. The molecule has 5 nitrogen and oxygen atoms in total. The molecule has 0 saturated heterocycles. The summed E-state index contributed by atoms with van der Waals surface area (Å²) >= 11 is 5.84. The first-order valence-electron chi connectivity index (χ1n) is 6.76. The maximum atomic E-state index is 12.7. The Morgan fingerprint density at radius 2 is 2.00 bits per heavy atom. The van der Waals surface area contributed by atoms with E-state index in [0.29, 0.717) is 28.6 Å². The average molecular weight is 317 g/mol.